The van der Waals surface area contributed by atoms with Crippen LogP contribution in [0, 0.1) is 0 Å². The lowest BCUT2D eigenvalue weighted by Gasteiger charge is -2.54. The molecule has 3 aromatic carbocycles. The van der Waals surface area contributed by atoms with Gasteiger partial charge in [-0.1, -0.05) is 60.7 Å². The molecule has 220 valence electrons. The molecule has 4 aromatic rings. The third-order valence-electron chi connectivity index (χ3n) is 8.18. The number of carbonyl (C=O) groups excluding carboxylic acids is 3. The van der Waals surface area contributed by atoms with Crippen LogP contribution in [-0.2, 0) is 29.1 Å². The first kappa shape index (κ1) is 28.4. The Morgan fingerprint density at radius 3 is 2.60 bits per heavy atom. The normalized spacial score (nSPS) is 20.3. The van der Waals surface area contributed by atoms with E-state index in [-0.39, 0.29) is 43.0 Å². The van der Waals surface area contributed by atoms with Gasteiger partial charge in [0, 0.05) is 32.0 Å². The maximum absolute atomic E-state index is 14.2. The summed E-state index contributed by atoms with van der Waals surface area (Å²) in [4.78, 5) is 51.5. The highest BCUT2D eigenvalue weighted by Gasteiger charge is 2.51. The number of benzene rings is 3. The fourth-order valence-corrected chi connectivity index (χ4v) is 6.86. The van der Waals surface area contributed by atoms with Crippen molar-refractivity contribution in [2.45, 2.75) is 50.6 Å². The second-order valence-electron chi connectivity index (χ2n) is 10.9. The number of hydrogen-bond acceptors (Lipinski definition) is 6. The van der Waals surface area contributed by atoms with Gasteiger partial charge >= 0.3 is 6.03 Å². The number of phenolic OH excluding ortho intramolecular Hbond substituents is 1. The summed E-state index contributed by atoms with van der Waals surface area (Å²) in [5, 5.41) is 12.9. The molecule has 0 aliphatic carbocycles. The minimum atomic E-state index is -0.820. The summed E-state index contributed by atoms with van der Waals surface area (Å²) in [6.07, 6.45) is 1.86. The minimum absolute atomic E-state index is 0.0960. The van der Waals surface area contributed by atoms with Crippen LogP contribution in [0.2, 0.25) is 0 Å². The number of thiazole rings is 1. The molecule has 3 unspecified atom stereocenters. The summed E-state index contributed by atoms with van der Waals surface area (Å²) in [6, 6.07) is 20.7. The highest BCUT2D eigenvalue weighted by Crippen LogP contribution is 2.33. The molecular weight excluding hydrogens is 562 g/mol. The van der Waals surface area contributed by atoms with Gasteiger partial charge in [-0.3, -0.25) is 14.5 Å². The van der Waals surface area contributed by atoms with Crippen LogP contribution in [0.15, 0.2) is 91.0 Å². The van der Waals surface area contributed by atoms with Crippen molar-refractivity contribution in [1.29, 1.82) is 0 Å². The zero-order valence-electron chi connectivity index (χ0n) is 23.6. The molecule has 0 saturated carbocycles. The van der Waals surface area contributed by atoms with Gasteiger partial charge in [0.2, 0.25) is 11.8 Å². The molecular formula is C33H33N5O4S. The highest BCUT2D eigenvalue weighted by atomic mass is 32.1. The molecule has 3 atom stereocenters. The Labute approximate surface area is 254 Å². The lowest BCUT2D eigenvalue weighted by atomic mass is 9.94. The number of carbonyl (C=O) groups is 3. The number of fused-ring (bicyclic) bond motifs is 2. The summed E-state index contributed by atoms with van der Waals surface area (Å²) in [5.41, 5.74) is 5.32. The Bertz CT molecular complexity index is 1640. The fourth-order valence-electron chi connectivity index (χ4n) is 6.14. The number of para-hydroxylation sites is 1. The number of nitrogens with zero attached hydrogens (tertiary/aromatic N) is 4. The summed E-state index contributed by atoms with van der Waals surface area (Å²) >= 11 is 1.54. The van der Waals surface area contributed by atoms with Crippen molar-refractivity contribution < 1.29 is 19.5 Å². The Balaban J connectivity index is 1.36. The van der Waals surface area contributed by atoms with Crippen LogP contribution < -0.4 is 5.32 Å². The molecule has 2 aliphatic heterocycles. The summed E-state index contributed by atoms with van der Waals surface area (Å²) < 4.78 is 1.03. The van der Waals surface area contributed by atoms with Gasteiger partial charge in [0.25, 0.3) is 0 Å². The number of piperazine rings is 1. The molecule has 0 radical (unpaired) electrons. The number of urea groups is 1. The van der Waals surface area contributed by atoms with Gasteiger partial charge < -0.3 is 20.2 Å². The summed E-state index contributed by atoms with van der Waals surface area (Å²) in [6.45, 7) is 4.69. The van der Waals surface area contributed by atoms with E-state index in [0.717, 1.165) is 26.9 Å². The number of phenols is 1. The van der Waals surface area contributed by atoms with E-state index >= 15 is 0 Å². The molecule has 0 bridgehead atoms. The standard InChI is InChI=1S/C33H33N5O4S/c1-2-7-25-17-30(40)38-27(16-22-12-14-26(39)15-13-22)32(41)36(19-24-10-6-11-28-31(24)35-21-43-28)20-29(38)37(25)33(42)34-18-23-8-4-3-5-9-23/h2-6,8-15,21,25,27,29,39H,1,7,16-20H2,(H,34,42). The topological polar surface area (TPSA) is 106 Å². The Kier molecular flexibility index (Phi) is 8.11. The molecule has 3 heterocycles. The number of nitrogens with one attached hydrogen (secondary N) is 1. The van der Waals surface area contributed by atoms with Crippen LogP contribution in [0.4, 0.5) is 4.79 Å². The van der Waals surface area contributed by atoms with Gasteiger partial charge in [-0.05, 0) is 41.3 Å². The molecule has 43 heavy (non-hydrogen) atoms. The van der Waals surface area contributed by atoms with Crippen LogP contribution in [-0.4, -0.2) is 67.4 Å². The first-order chi connectivity index (χ1) is 20.9. The first-order valence-corrected chi connectivity index (χ1v) is 15.2. The second-order valence-corrected chi connectivity index (χ2v) is 11.8. The quantitative estimate of drug-likeness (QED) is 0.288. The number of rotatable bonds is 8. The second kappa shape index (κ2) is 12.3. The van der Waals surface area contributed by atoms with Gasteiger partial charge in [0.15, 0.2) is 0 Å². The number of amides is 4. The SMILES string of the molecule is C=CCC1CC(=O)N2C(Cc3ccc(O)cc3)C(=O)N(Cc3cccc4scnc34)CC2N1C(=O)NCc1ccccc1. The van der Waals surface area contributed by atoms with Gasteiger partial charge in [0.05, 0.1) is 22.3 Å². The average molecular weight is 596 g/mol. The lowest BCUT2D eigenvalue weighted by Crippen LogP contribution is -2.74. The van der Waals surface area contributed by atoms with E-state index in [1.54, 1.807) is 61.9 Å². The molecule has 2 aliphatic rings. The van der Waals surface area contributed by atoms with Crippen LogP contribution >= 0.6 is 11.3 Å². The summed E-state index contributed by atoms with van der Waals surface area (Å²) in [5.74, 6) is -0.226. The third-order valence-corrected chi connectivity index (χ3v) is 8.97. The smallest absolute Gasteiger partial charge is 0.319 e. The van der Waals surface area contributed by atoms with Crippen molar-refractivity contribution in [2.75, 3.05) is 6.54 Å². The number of aromatic nitrogens is 1. The van der Waals surface area contributed by atoms with Crippen molar-refractivity contribution in [2.24, 2.45) is 0 Å². The van der Waals surface area contributed by atoms with Gasteiger partial charge in [-0.2, -0.15) is 0 Å². The molecule has 10 heteroatoms. The van der Waals surface area contributed by atoms with Crippen molar-refractivity contribution in [3.05, 3.63) is 108 Å². The van der Waals surface area contributed by atoms with Crippen LogP contribution in [0.3, 0.4) is 0 Å². The van der Waals surface area contributed by atoms with Crippen molar-refractivity contribution in [1.82, 2.24) is 25.0 Å². The van der Waals surface area contributed by atoms with Crippen molar-refractivity contribution >= 4 is 39.4 Å². The molecule has 0 spiro atoms. The van der Waals surface area contributed by atoms with Crippen LogP contribution in [0.25, 0.3) is 10.2 Å². The van der Waals surface area contributed by atoms with Crippen LogP contribution in [0.1, 0.15) is 29.5 Å². The van der Waals surface area contributed by atoms with Crippen LogP contribution in [0.5, 0.6) is 5.75 Å². The van der Waals surface area contributed by atoms with E-state index in [4.69, 9.17) is 0 Å². The summed E-state index contributed by atoms with van der Waals surface area (Å²) in [7, 11) is 0. The molecule has 2 fully saturated rings. The van der Waals surface area contributed by atoms with E-state index in [1.165, 1.54) is 0 Å². The average Bonchev–Trinajstić information content (AvgIpc) is 3.50. The maximum Gasteiger partial charge on any atom is 0.319 e. The molecule has 1 aromatic heterocycles. The fraction of sp³-hybridized carbons (Fsp3) is 0.273. The van der Waals surface area contributed by atoms with E-state index < -0.39 is 18.2 Å². The first-order valence-electron chi connectivity index (χ1n) is 14.3. The molecule has 6 rings (SSSR count). The van der Waals surface area contributed by atoms with Crippen molar-refractivity contribution in [3.8, 4) is 5.75 Å². The Morgan fingerprint density at radius 2 is 1.84 bits per heavy atom. The zero-order valence-corrected chi connectivity index (χ0v) is 24.5. The molecule has 4 amide bonds. The monoisotopic (exact) mass is 595 g/mol. The van der Waals surface area contributed by atoms with E-state index in [1.807, 2.05) is 48.5 Å². The predicted octanol–water partition coefficient (Wildman–Crippen LogP) is 4.67. The maximum atomic E-state index is 14.2. The molecule has 2 saturated heterocycles. The van der Waals surface area contributed by atoms with E-state index in [2.05, 4.69) is 16.9 Å². The van der Waals surface area contributed by atoms with Gasteiger partial charge in [0.1, 0.15) is 18.0 Å². The third kappa shape index (κ3) is 5.83. The Morgan fingerprint density at radius 1 is 1.05 bits per heavy atom. The largest absolute Gasteiger partial charge is 0.508 e. The number of aromatic hydroxyl groups is 1. The lowest BCUT2D eigenvalue weighted by molar-refractivity contribution is -0.170. The molecule has 2 N–H and O–H groups in total. The van der Waals surface area contributed by atoms with Gasteiger partial charge in [-0.15, -0.1) is 17.9 Å². The zero-order chi connectivity index (χ0) is 29.9. The van der Waals surface area contributed by atoms with E-state index in [0.29, 0.717) is 19.5 Å². The number of hydrogen-bond donors (Lipinski definition) is 2. The van der Waals surface area contributed by atoms with Gasteiger partial charge in [-0.25, -0.2) is 9.78 Å². The Hall–Kier alpha value is -4.70. The van der Waals surface area contributed by atoms with Crippen molar-refractivity contribution in [3.63, 3.8) is 0 Å². The minimum Gasteiger partial charge on any atom is -0.508 e. The molecule has 9 nitrogen and oxygen atoms in total. The predicted molar refractivity (Wildman–Crippen MR) is 165 cm³/mol. The highest BCUT2D eigenvalue weighted by molar-refractivity contribution is 7.16. The van der Waals surface area contributed by atoms with E-state index in [9.17, 15) is 19.5 Å².